The largest absolute Gasteiger partial charge is 0.480 e. The number of hydrogen-bond donors (Lipinski definition) is 3. The molecule has 3 N–H and O–H groups in total. The summed E-state index contributed by atoms with van der Waals surface area (Å²) >= 11 is 1.06. The van der Waals surface area contributed by atoms with E-state index in [4.69, 9.17) is 5.11 Å². The molecule has 9 heteroatoms. The van der Waals surface area contributed by atoms with Gasteiger partial charge in [-0.2, -0.15) is 5.10 Å². The molecular formula is C12H21N4O3PS. The SMILES string of the molecule is CC1(C)N=C(NN=C2CCCCC2)SP1(=O)NCC(=O)O. The van der Waals surface area contributed by atoms with E-state index < -0.39 is 17.7 Å². The summed E-state index contributed by atoms with van der Waals surface area (Å²) in [4.78, 5) is 15.0. The quantitative estimate of drug-likeness (QED) is 0.540. The molecule has 118 valence electrons. The molecule has 0 saturated heterocycles. The fourth-order valence-corrected chi connectivity index (χ4v) is 6.28. The summed E-state index contributed by atoms with van der Waals surface area (Å²) < 4.78 is 12.8. The molecule has 0 spiro atoms. The number of hydrazone groups is 1. The van der Waals surface area contributed by atoms with Gasteiger partial charge in [-0.3, -0.25) is 14.8 Å². The molecule has 1 aliphatic carbocycles. The lowest BCUT2D eigenvalue weighted by Gasteiger charge is -2.23. The standard InChI is InChI=1S/C12H21N4O3PS/c1-12(2)14-11(16-15-9-6-4-3-5-7-9)21-20(12,19)13-8-10(17)18/h3-8H2,1-2H3,(H,13,19)(H,14,16)(H,17,18). The zero-order valence-electron chi connectivity index (χ0n) is 12.3. The van der Waals surface area contributed by atoms with Crippen molar-refractivity contribution in [3.8, 4) is 0 Å². The third-order valence-corrected chi connectivity index (χ3v) is 9.24. The summed E-state index contributed by atoms with van der Waals surface area (Å²) in [6, 6.07) is 0. The van der Waals surface area contributed by atoms with E-state index in [1.165, 1.54) is 6.42 Å². The summed E-state index contributed by atoms with van der Waals surface area (Å²) in [5.74, 6) is -1.04. The average Bonchev–Trinajstić information content (AvgIpc) is 2.66. The Labute approximate surface area is 128 Å². The first kappa shape index (κ1) is 16.5. The fraction of sp³-hybridized carbons (Fsp3) is 0.750. The van der Waals surface area contributed by atoms with Crippen LogP contribution >= 0.6 is 17.9 Å². The molecule has 0 aromatic carbocycles. The van der Waals surface area contributed by atoms with Crippen LogP contribution in [0.25, 0.3) is 0 Å². The van der Waals surface area contributed by atoms with Crippen molar-refractivity contribution < 1.29 is 14.5 Å². The number of carbonyl (C=O) groups is 1. The van der Waals surface area contributed by atoms with E-state index in [0.29, 0.717) is 5.17 Å². The Balaban J connectivity index is 2.00. The van der Waals surface area contributed by atoms with Gasteiger partial charge in [0, 0.05) is 5.71 Å². The predicted octanol–water partition coefficient (Wildman–Crippen LogP) is 2.60. The van der Waals surface area contributed by atoms with Gasteiger partial charge in [-0.15, -0.1) is 0 Å². The van der Waals surface area contributed by atoms with Crippen LogP contribution in [0.4, 0.5) is 0 Å². The number of carboxylic acid groups (broad SMARTS) is 1. The Hall–Kier alpha value is -0.850. The lowest BCUT2D eigenvalue weighted by atomic mass is 9.99. The summed E-state index contributed by atoms with van der Waals surface area (Å²) in [6.45, 7) is 0.124. The van der Waals surface area contributed by atoms with E-state index in [1.54, 1.807) is 13.8 Å². The molecule has 0 bridgehead atoms. The maximum Gasteiger partial charge on any atom is 0.317 e. The van der Waals surface area contributed by atoms with Gasteiger partial charge in [-0.1, -0.05) is 6.42 Å². The number of aliphatic imine (C=N–C) groups is 1. The second-order valence-corrected chi connectivity index (χ2v) is 10.8. The minimum Gasteiger partial charge on any atom is -0.480 e. The molecule has 1 fully saturated rings. The van der Waals surface area contributed by atoms with Gasteiger partial charge in [-0.05, 0) is 50.9 Å². The summed E-state index contributed by atoms with van der Waals surface area (Å²) in [5.41, 5.74) is 4.00. The van der Waals surface area contributed by atoms with Gasteiger partial charge < -0.3 is 5.11 Å². The number of nitrogens with one attached hydrogen (secondary N) is 2. The van der Waals surface area contributed by atoms with E-state index in [2.05, 4.69) is 20.6 Å². The maximum atomic E-state index is 12.8. The first-order valence-electron chi connectivity index (χ1n) is 7.00. The van der Waals surface area contributed by atoms with E-state index in [0.717, 1.165) is 42.8 Å². The van der Waals surface area contributed by atoms with Crippen molar-refractivity contribution >= 4 is 34.7 Å². The van der Waals surface area contributed by atoms with Crippen molar-refractivity contribution in [1.82, 2.24) is 10.5 Å². The van der Waals surface area contributed by atoms with Crippen molar-refractivity contribution in [2.24, 2.45) is 10.1 Å². The van der Waals surface area contributed by atoms with Gasteiger partial charge in [0.25, 0.3) is 0 Å². The Morgan fingerprint density at radius 1 is 1.43 bits per heavy atom. The van der Waals surface area contributed by atoms with E-state index in [-0.39, 0.29) is 6.54 Å². The number of hydrogen-bond acceptors (Lipinski definition) is 6. The van der Waals surface area contributed by atoms with Crippen LogP contribution < -0.4 is 10.5 Å². The molecule has 1 heterocycles. The van der Waals surface area contributed by atoms with Gasteiger partial charge in [0.05, 0.1) is 0 Å². The number of nitrogens with zero attached hydrogens (tertiary/aromatic N) is 2. The van der Waals surface area contributed by atoms with Gasteiger partial charge in [0.2, 0.25) is 6.49 Å². The Bertz CT molecular complexity index is 525. The van der Waals surface area contributed by atoms with E-state index in [1.807, 2.05) is 0 Å². The van der Waals surface area contributed by atoms with Crippen LogP contribution in [0.2, 0.25) is 0 Å². The van der Waals surface area contributed by atoms with Crippen LogP contribution in [0.3, 0.4) is 0 Å². The van der Waals surface area contributed by atoms with Crippen LogP contribution in [-0.4, -0.2) is 33.8 Å². The Morgan fingerprint density at radius 3 is 2.71 bits per heavy atom. The zero-order chi connectivity index (χ0) is 15.5. The molecular weight excluding hydrogens is 311 g/mol. The Kier molecular flexibility index (Phi) is 5.11. The van der Waals surface area contributed by atoms with Gasteiger partial charge in [-0.25, -0.2) is 10.1 Å². The third kappa shape index (κ3) is 4.08. The maximum absolute atomic E-state index is 12.8. The molecule has 21 heavy (non-hydrogen) atoms. The number of amidine groups is 1. The summed E-state index contributed by atoms with van der Waals surface area (Å²) in [6.07, 6.45) is 5.54. The van der Waals surface area contributed by atoms with Crippen molar-refractivity contribution in [1.29, 1.82) is 0 Å². The minimum atomic E-state index is -3.00. The second kappa shape index (κ2) is 6.50. The normalized spacial score (nSPS) is 28.1. The molecule has 0 amide bonds. The first-order chi connectivity index (χ1) is 9.82. The smallest absolute Gasteiger partial charge is 0.317 e. The molecule has 2 rings (SSSR count). The highest BCUT2D eigenvalue weighted by Gasteiger charge is 2.48. The first-order valence-corrected chi connectivity index (χ1v) is 10.1. The highest BCUT2D eigenvalue weighted by Crippen LogP contribution is 2.69. The van der Waals surface area contributed by atoms with Crippen LogP contribution in [0, 0.1) is 0 Å². The van der Waals surface area contributed by atoms with Crippen molar-refractivity contribution in [3.05, 3.63) is 0 Å². The van der Waals surface area contributed by atoms with Crippen LogP contribution in [0.15, 0.2) is 10.1 Å². The minimum absolute atomic E-state index is 0.342. The van der Waals surface area contributed by atoms with Crippen molar-refractivity contribution in [2.45, 2.75) is 51.2 Å². The zero-order valence-corrected chi connectivity index (χ0v) is 14.0. The molecule has 1 unspecified atom stereocenters. The molecule has 1 saturated carbocycles. The number of carboxylic acids is 1. The predicted molar refractivity (Wildman–Crippen MR) is 86.0 cm³/mol. The lowest BCUT2D eigenvalue weighted by Crippen LogP contribution is -2.26. The molecule has 2 aliphatic rings. The van der Waals surface area contributed by atoms with Crippen LogP contribution in [0.5, 0.6) is 0 Å². The summed E-state index contributed by atoms with van der Waals surface area (Å²) in [5, 5.41) is 15.3. The monoisotopic (exact) mass is 332 g/mol. The van der Waals surface area contributed by atoms with E-state index in [9.17, 15) is 9.36 Å². The molecule has 0 aromatic rings. The van der Waals surface area contributed by atoms with Crippen LogP contribution in [0.1, 0.15) is 46.0 Å². The molecule has 1 aliphatic heterocycles. The topological polar surface area (TPSA) is 103 Å². The molecule has 0 radical (unpaired) electrons. The second-order valence-electron chi connectivity index (χ2n) is 5.63. The van der Waals surface area contributed by atoms with Crippen molar-refractivity contribution in [3.63, 3.8) is 0 Å². The van der Waals surface area contributed by atoms with Gasteiger partial charge >= 0.3 is 5.97 Å². The highest BCUT2D eigenvalue weighted by atomic mass is 32.7. The lowest BCUT2D eigenvalue weighted by molar-refractivity contribution is -0.135. The summed E-state index contributed by atoms with van der Waals surface area (Å²) in [7, 11) is 0. The number of aliphatic carboxylic acids is 1. The highest BCUT2D eigenvalue weighted by molar-refractivity contribution is 8.65. The fourth-order valence-electron chi connectivity index (χ4n) is 2.21. The van der Waals surface area contributed by atoms with Gasteiger partial charge in [0.1, 0.15) is 11.8 Å². The molecule has 0 aromatic heterocycles. The molecule has 7 nitrogen and oxygen atoms in total. The number of rotatable bonds is 4. The average molecular weight is 332 g/mol. The molecule has 1 atom stereocenters. The van der Waals surface area contributed by atoms with Crippen LogP contribution in [-0.2, 0) is 9.36 Å². The van der Waals surface area contributed by atoms with Crippen molar-refractivity contribution in [2.75, 3.05) is 6.54 Å². The third-order valence-electron chi connectivity index (χ3n) is 3.49. The van der Waals surface area contributed by atoms with Gasteiger partial charge in [0.15, 0.2) is 5.17 Å². The van der Waals surface area contributed by atoms with E-state index >= 15 is 0 Å². The Morgan fingerprint density at radius 2 is 2.10 bits per heavy atom.